The minimum Gasteiger partial charge on any atom is -0.352 e. The molecule has 1 rings (SSSR count). The van der Waals surface area contributed by atoms with E-state index in [-0.39, 0.29) is 5.91 Å². The van der Waals surface area contributed by atoms with Gasteiger partial charge in [-0.1, -0.05) is 73.1 Å². The molecular weight excluding hydrogens is 298 g/mol. The van der Waals surface area contributed by atoms with Crippen molar-refractivity contribution in [2.45, 2.75) is 105 Å². The molecule has 1 fully saturated rings. The number of rotatable bonds is 11. The molecule has 0 spiro atoms. The molecule has 1 aliphatic heterocycles. The number of β-lactam (4-membered cyclic amide) rings is 1. The Labute approximate surface area is 150 Å². The fraction of sp³-hybridized carbons (Fsp3) is 0.905. The monoisotopic (exact) mass is 339 g/mol. The smallest absolute Gasteiger partial charge is 0.225 e. The third-order valence-corrected chi connectivity index (χ3v) is 5.22. The average molecular weight is 340 g/mol. The summed E-state index contributed by atoms with van der Waals surface area (Å²) in [7, 11) is 0. The SMILES string of the molecule is CCCC(CC)[C@H](CCC)C(C)=O.CCC[C@@H]1NC(=O)[C@H]1CCC. The van der Waals surface area contributed by atoms with E-state index >= 15 is 0 Å². The van der Waals surface area contributed by atoms with E-state index in [1.807, 2.05) is 0 Å². The van der Waals surface area contributed by atoms with Crippen LogP contribution in [0.3, 0.4) is 0 Å². The van der Waals surface area contributed by atoms with Crippen molar-refractivity contribution in [2.75, 3.05) is 0 Å². The van der Waals surface area contributed by atoms with Crippen molar-refractivity contribution in [3.8, 4) is 0 Å². The molecule has 1 amide bonds. The molecule has 3 nitrogen and oxygen atoms in total. The summed E-state index contributed by atoms with van der Waals surface area (Å²) in [5.41, 5.74) is 0. The lowest BCUT2D eigenvalue weighted by molar-refractivity contribution is -0.135. The highest BCUT2D eigenvalue weighted by atomic mass is 16.2. The second-order valence-electron chi connectivity index (χ2n) is 7.26. The van der Waals surface area contributed by atoms with Gasteiger partial charge in [0, 0.05) is 12.0 Å². The van der Waals surface area contributed by atoms with Crippen molar-refractivity contribution < 1.29 is 9.59 Å². The molecule has 0 saturated carbocycles. The molecule has 24 heavy (non-hydrogen) atoms. The Bertz CT molecular complexity index is 354. The predicted octanol–water partition coefficient (Wildman–Crippen LogP) is 5.52. The predicted molar refractivity (Wildman–Crippen MR) is 103 cm³/mol. The minimum absolute atomic E-state index is 0.269. The zero-order valence-corrected chi connectivity index (χ0v) is 17.0. The van der Waals surface area contributed by atoms with Gasteiger partial charge in [0.25, 0.3) is 0 Å². The molecule has 0 aliphatic carbocycles. The van der Waals surface area contributed by atoms with Crippen LogP contribution in [-0.2, 0) is 9.59 Å². The molecule has 1 heterocycles. The van der Waals surface area contributed by atoms with Crippen molar-refractivity contribution >= 4 is 11.7 Å². The third kappa shape index (κ3) is 7.81. The van der Waals surface area contributed by atoms with Crippen LogP contribution >= 0.6 is 0 Å². The number of hydrogen-bond acceptors (Lipinski definition) is 2. The molecule has 142 valence electrons. The quantitative estimate of drug-likeness (QED) is 0.504. The van der Waals surface area contributed by atoms with Gasteiger partial charge in [0.05, 0.1) is 5.92 Å². The Kier molecular flexibility index (Phi) is 13.0. The van der Waals surface area contributed by atoms with Crippen LogP contribution in [0.25, 0.3) is 0 Å². The molecule has 3 heteroatoms. The first kappa shape index (κ1) is 23.1. The van der Waals surface area contributed by atoms with Crippen LogP contribution in [0.1, 0.15) is 99.3 Å². The summed E-state index contributed by atoms with van der Waals surface area (Å²) in [6, 6.07) is 0.493. The maximum Gasteiger partial charge on any atom is 0.225 e. The Balaban J connectivity index is 0.000000446. The van der Waals surface area contributed by atoms with Crippen molar-refractivity contribution in [1.29, 1.82) is 0 Å². The van der Waals surface area contributed by atoms with Crippen LogP contribution < -0.4 is 5.32 Å². The number of nitrogens with one attached hydrogen (secondary N) is 1. The van der Waals surface area contributed by atoms with Gasteiger partial charge in [-0.15, -0.1) is 0 Å². The molecule has 1 aliphatic rings. The minimum atomic E-state index is 0.269. The van der Waals surface area contributed by atoms with Gasteiger partial charge < -0.3 is 5.32 Å². The maximum absolute atomic E-state index is 11.4. The van der Waals surface area contributed by atoms with E-state index in [1.165, 1.54) is 19.3 Å². The summed E-state index contributed by atoms with van der Waals surface area (Å²) >= 11 is 0. The van der Waals surface area contributed by atoms with Gasteiger partial charge in [-0.25, -0.2) is 0 Å². The normalized spacial score (nSPS) is 21.8. The first-order chi connectivity index (χ1) is 11.5. The highest BCUT2D eigenvalue weighted by Gasteiger charge is 2.36. The van der Waals surface area contributed by atoms with Crippen LogP contribution in [-0.4, -0.2) is 17.7 Å². The summed E-state index contributed by atoms with van der Waals surface area (Å²) in [5, 5.41) is 2.94. The van der Waals surface area contributed by atoms with Crippen LogP contribution in [0.4, 0.5) is 0 Å². The van der Waals surface area contributed by atoms with Crippen LogP contribution in [0.15, 0.2) is 0 Å². The molecule has 4 atom stereocenters. The van der Waals surface area contributed by atoms with E-state index in [2.05, 4.69) is 39.9 Å². The lowest BCUT2D eigenvalue weighted by Gasteiger charge is -2.36. The van der Waals surface area contributed by atoms with Gasteiger partial charge in [-0.3, -0.25) is 9.59 Å². The second kappa shape index (κ2) is 13.4. The maximum atomic E-state index is 11.4. The number of ketones is 1. The van der Waals surface area contributed by atoms with Gasteiger partial charge in [0.2, 0.25) is 5.91 Å². The molecule has 0 aromatic rings. The summed E-state index contributed by atoms with van der Waals surface area (Å²) in [4.78, 5) is 22.4. The van der Waals surface area contributed by atoms with Crippen LogP contribution in [0.5, 0.6) is 0 Å². The van der Waals surface area contributed by atoms with Crippen LogP contribution in [0, 0.1) is 17.8 Å². The Morgan fingerprint density at radius 3 is 1.92 bits per heavy atom. The molecule has 0 radical (unpaired) electrons. The van der Waals surface area contributed by atoms with E-state index in [9.17, 15) is 9.59 Å². The number of hydrogen-bond donors (Lipinski definition) is 1. The molecule has 0 aromatic heterocycles. The zero-order valence-electron chi connectivity index (χ0n) is 17.0. The second-order valence-corrected chi connectivity index (χ2v) is 7.26. The summed E-state index contributed by atoms with van der Waals surface area (Å²) in [5.74, 6) is 1.95. The first-order valence-electron chi connectivity index (χ1n) is 10.3. The van der Waals surface area contributed by atoms with E-state index < -0.39 is 0 Å². The van der Waals surface area contributed by atoms with Crippen molar-refractivity contribution in [2.24, 2.45) is 17.8 Å². The standard InChI is InChI=1S/C12H24O.C9H17NO/c1-5-8-11(7-3)12(9-6-2)10(4)13;1-3-5-7-8(6-4-2)10-9(7)11/h11-12H,5-9H2,1-4H3;7-8H,3-6H2,1-2H3,(H,10,11)/t11?,12-;7-,8-/m10/s1. The zero-order chi connectivity index (χ0) is 18.5. The Morgan fingerprint density at radius 1 is 0.958 bits per heavy atom. The average Bonchev–Trinajstić information content (AvgIpc) is 2.56. The van der Waals surface area contributed by atoms with E-state index in [0.29, 0.717) is 29.6 Å². The van der Waals surface area contributed by atoms with E-state index in [4.69, 9.17) is 0 Å². The third-order valence-electron chi connectivity index (χ3n) is 5.22. The molecule has 1 unspecified atom stereocenters. The van der Waals surface area contributed by atoms with Crippen molar-refractivity contribution in [3.63, 3.8) is 0 Å². The number of amides is 1. The lowest BCUT2D eigenvalue weighted by atomic mass is 9.81. The van der Waals surface area contributed by atoms with Gasteiger partial charge in [0.1, 0.15) is 5.78 Å². The fourth-order valence-electron chi connectivity index (χ4n) is 3.85. The molecule has 0 bridgehead atoms. The van der Waals surface area contributed by atoms with Gasteiger partial charge in [0.15, 0.2) is 0 Å². The van der Waals surface area contributed by atoms with Gasteiger partial charge in [-0.2, -0.15) is 0 Å². The Morgan fingerprint density at radius 2 is 1.54 bits per heavy atom. The van der Waals surface area contributed by atoms with E-state index in [0.717, 1.165) is 38.5 Å². The summed E-state index contributed by atoms with van der Waals surface area (Å²) < 4.78 is 0. The van der Waals surface area contributed by atoms with Crippen LogP contribution in [0.2, 0.25) is 0 Å². The molecule has 1 N–H and O–H groups in total. The van der Waals surface area contributed by atoms with Crippen molar-refractivity contribution in [1.82, 2.24) is 5.32 Å². The number of Topliss-reactive ketones (excluding diaryl/α,β-unsaturated/α-hetero) is 1. The van der Waals surface area contributed by atoms with Gasteiger partial charge in [-0.05, 0) is 32.1 Å². The highest BCUT2D eigenvalue weighted by Crippen LogP contribution is 2.26. The molecular formula is C21H41NO2. The summed E-state index contributed by atoms with van der Waals surface area (Å²) in [6.07, 6.45) is 10.3. The highest BCUT2D eigenvalue weighted by molar-refractivity contribution is 5.85. The lowest BCUT2D eigenvalue weighted by Crippen LogP contribution is -2.57. The van der Waals surface area contributed by atoms with Crippen molar-refractivity contribution in [3.05, 3.63) is 0 Å². The Hall–Kier alpha value is -0.860. The molecule has 1 saturated heterocycles. The number of carbonyl (C=O) groups excluding carboxylic acids is 2. The first-order valence-corrected chi connectivity index (χ1v) is 10.3. The van der Waals surface area contributed by atoms with Gasteiger partial charge >= 0.3 is 0 Å². The van der Waals surface area contributed by atoms with E-state index in [1.54, 1.807) is 6.92 Å². The topological polar surface area (TPSA) is 46.2 Å². The number of carbonyl (C=O) groups is 2. The molecule has 0 aromatic carbocycles. The fourth-order valence-corrected chi connectivity index (χ4v) is 3.85. The largest absolute Gasteiger partial charge is 0.352 e. The summed E-state index contributed by atoms with van der Waals surface area (Å²) in [6.45, 7) is 12.6.